The van der Waals surface area contributed by atoms with Crippen LogP contribution in [0.4, 0.5) is 9.59 Å². The van der Waals surface area contributed by atoms with Gasteiger partial charge in [0.2, 0.25) is 0 Å². The summed E-state index contributed by atoms with van der Waals surface area (Å²) in [5.74, 6) is -1.89. The van der Waals surface area contributed by atoms with Crippen molar-refractivity contribution in [1.82, 2.24) is 31.9 Å². The first-order valence-electron chi connectivity index (χ1n) is 33.1. The van der Waals surface area contributed by atoms with Gasteiger partial charge in [-0.15, -0.1) is 11.6 Å². The molecule has 15 aliphatic rings. The predicted molar refractivity (Wildman–Crippen MR) is 339 cm³/mol. The number of rotatable bonds is 7. The van der Waals surface area contributed by atoms with E-state index in [4.69, 9.17) is 141 Å². The Morgan fingerprint density at radius 2 is 0.837 bits per heavy atom. The van der Waals surface area contributed by atoms with Gasteiger partial charge in [-0.3, -0.25) is 0 Å². The highest BCUT2D eigenvalue weighted by Gasteiger charge is 2.60. The first-order valence-corrected chi connectivity index (χ1v) is 34.1. The van der Waals surface area contributed by atoms with Crippen LogP contribution in [0, 0.1) is 0 Å². The number of amides is 4. The molecule has 0 aromatic rings. The molecule has 17 N–H and O–H groups in total. The van der Waals surface area contributed by atoms with Gasteiger partial charge in [-0.05, 0) is 95.9 Å². The van der Waals surface area contributed by atoms with Gasteiger partial charge in [-0.25, -0.2) is 9.59 Å². The van der Waals surface area contributed by atoms with E-state index in [1.807, 2.05) is 62.3 Å². The van der Waals surface area contributed by atoms with E-state index in [2.05, 4.69) is 52.0 Å². The summed E-state index contributed by atoms with van der Waals surface area (Å²) in [6.45, 7) is 34.5. The molecule has 10 unspecified atom stereocenters. The molecular weight excluding hydrogens is 1350 g/mol. The molecule has 35 nitrogen and oxygen atoms in total. The van der Waals surface area contributed by atoms with E-state index in [1.165, 1.54) is 0 Å². The van der Waals surface area contributed by atoms with Crippen LogP contribution in [0.3, 0.4) is 0 Å². The molecule has 4 bridgehead atoms. The van der Waals surface area contributed by atoms with Crippen molar-refractivity contribution in [2.75, 3.05) is 32.2 Å². The van der Waals surface area contributed by atoms with E-state index in [0.717, 1.165) is 18.7 Å². The number of alkyl halides is 2. The van der Waals surface area contributed by atoms with E-state index >= 15 is 0 Å². The second-order valence-corrected chi connectivity index (χ2v) is 29.1. The number of halogens is 2. The minimum absolute atomic E-state index is 0.00926. The summed E-state index contributed by atoms with van der Waals surface area (Å²) >= 11 is 11.6. The zero-order valence-electron chi connectivity index (χ0n) is 57.8. The first-order chi connectivity index (χ1) is 45.7. The van der Waals surface area contributed by atoms with E-state index in [0.29, 0.717) is 24.8 Å². The number of primary amides is 2. The molecule has 98 heavy (non-hydrogen) atoms. The molecule has 28 atom stereocenters. The third-order valence-corrected chi connectivity index (χ3v) is 18.4. The summed E-state index contributed by atoms with van der Waals surface area (Å²) in [6, 6.07) is -1.32. The Hall–Kier alpha value is -3.20. The fourth-order valence-electron chi connectivity index (χ4n) is 13.8. The lowest BCUT2D eigenvalue weighted by atomic mass is 10.1. The van der Waals surface area contributed by atoms with Crippen LogP contribution >= 0.6 is 23.2 Å². The average Bonchev–Trinajstić information content (AvgIpc) is 1.72. The maximum atomic E-state index is 10.8. The Morgan fingerprint density at radius 1 is 0.469 bits per heavy atom. The second kappa shape index (κ2) is 31.2. The van der Waals surface area contributed by atoms with Crippen LogP contribution in [0.5, 0.6) is 0 Å². The van der Waals surface area contributed by atoms with Gasteiger partial charge in [-0.2, -0.15) is 0 Å². The molecule has 15 saturated heterocycles. The van der Waals surface area contributed by atoms with E-state index in [1.54, 1.807) is 27.7 Å². The monoisotopic (exact) mass is 1450 g/mol. The van der Waals surface area contributed by atoms with Gasteiger partial charge in [0, 0.05) is 13.1 Å². The Kier molecular flexibility index (Phi) is 25.2. The van der Waals surface area contributed by atoms with Crippen LogP contribution in [0.15, 0.2) is 24.8 Å². The molecule has 15 heterocycles. The molecular formula is C61H105Cl2N9O26. The zero-order chi connectivity index (χ0) is 72.1. The quantitative estimate of drug-likeness (QED) is 0.132. The van der Waals surface area contributed by atoms with Gasteiger partial charge in [0.05, 0.1) is 42.9 Å². The smallest absolute Gasteiger partial charge is 0.314 e. The Morgan fingerprint density at radius 3 is 1.33 bits per heavy atom. The van der Waals surface area contributed by atoms with Gasteiger partial charge >= 0.3 is 12.1 Å². The van der Waals surface area contributed by atoms with Crippen LogP contribution in [-0.4, -0.2) is 276 Å². The molecule has 0 saturated carbocycles. The minimum Gasteiger partial charge on any atom is -0.394 e. The number of fused-ring (bicyclic) bond motifs is 12. The van der Waals surface area contributed by atoms with Crippen molar-refractivity contribution in [3.05, 3.63) is 24.8 Å². The summed E-state index contributed by atoms with van der Waals surface area (Å²) in [6.07, 6.45) is -7.18. The molecule has 0 aromatic carbocycles. The fraction of sp³-hybridized carbons (Fsp3) is 0.902. The lowest BCUT2D eigenvalue weighted by Gasteiger charge is -2.23. The van der Waals surface area contributed by atoms with Gasteiger partial charge < -0.3 is 165 Å². The van der Waals surface area contributed by atoms with Gasteiger partial charge in [-0.1, -0.05) is 38.6 Å². The minimum atomic E-state index is -0.996. The van der Waals surface area contributed by atoms with Crippen LogP contribution in [0.25, 0.3) is 0 Å². The third kappa shape index (κ3) is 18.6. The summed E-state index contributed by atoms with van der Waals surface area (Å²) in [5, 5.41) is 63.2. The van der Waals surface area contributed by atoms with E-state index in [-0.39, 0.29) is 111 Å². The van der Waals surface area contributed by atoms with Crippen molar-refractivity contribution < 1.29 is 125 Å². The molecule has 4 amide bonds. The van der Waals surface area contributed by atoms with Crippen molar-refractivity contribution in [3.8, 4) is 0 Å². The zero-order valence-corrected chi connectivity index (χ0v) is 59.3. The van der Waals surface area contributed by atoms with Gasteiger partial charge in [0.15, 0.2) is 71.5 Å². The topological polar surface area (TPSA) is 461 Å². The number of hydrogen-bond acceptors (Lipinski definition) is 31. The molecule has 15 rings (SSSR count). The number of nitrogens with one attached hydrogen (secondary N) is 6. The fourth-order valence-corrected chi connectivity index (χ4v) is 14.4. The maximum Gasteiger partial charge on any atom is 0.314 e. The van der Waals surface area contributed by atoms with Crippen LogP contribution in [0.1, 0.15) is 110 Å². The lowest BCUT2D eigenvalue weighted by molar-refractivity contribution is -0.223. The standard InChI is InChI=1S/C10H18N2O4.C10H16N2O3.C9H16N2O5.C9H17NO3.C8H12Cl2O3.C8H14O5.C7H12N2O3/c1-4-5-6-7(16-10(2,3)15-6)8(14-5)12-9(11)13;1-5-11-4-6-7-8(9(12-5)13-6)15-10(2,3)14-7;1-9(2)15-5-4(3-12)14-7(6(5)16-9)11-8(10)13;1-4-5-6-7(8(10)11-5)13-9(2,3)12-6;2*1-8(2)12-5-4(3-9)11-7(10)6(5)13-8;1-3-8-2-4-5(10)6(11)7(9-3)12-4/h5-8H,4H2,1-3H3,(H3,11,12,13);6-9,11-12H,1,4H2,2-3H3;4-7,12H,3H2,1-2H3,(H3,10,11,13);5-8H,4,10H2,1-3H3;4-7H,3H2,1-2H3;4-7,9-10H,3H2,1-2H3;4-11H,1-2H2/t5-,6+,7?,8-;6-,7+,8?,9-;4-,5+,6?,7-;5-,6+,7?,8?;2*4-,5+,6?,7?;4-,5+,6?,7-/m1111111/s1. The molecule has 0 radical (unpaired) electrons. The maximum absolute atomic E-state index is 10.8. The summed E-state index contributed by atoms with van der Waals surface area (Å²) < 4.78 is 106. The normalized spacial score (nSPS) is 45.2. The number of aliphatic hydroxyl groups excluding tert-OH is 5. The molecule has 15 fully saturated rings. The van der Waals surface area contributed by atoms with Crippen molar-refractivity contribution in [2.45, 2.75) is 316 Å². The molecule has 15 aliphatic heterocycles. The van der Waals surface area contributed by atoms with E-state index < -0.39 is 120 Å². The number of aliphatic hydroxyl groups is 5. The molecule has 37 heteroatoms. The van der Waals surface area contributed by atoms with Crippen molar-refractivity contribution >= 4 is 35.3 Å². The number of carbonyl (C=O) groups is 2. The number of hydrogen-bond donors (Lipinski definition) is 14. The van der Waals surface area contributed by atoms with Crippen molar-refractivity contribution in [1.29, 1.82) is 0 Å². The number of ether oxygens (including phenoxy) is 19. The highest BCUT2D eigenvalue weighted by atomic mass is 35.5. The Labute approximate surface area is 580 Å². The van der Waals surface area contributed by atoms with Gasteiger partial charge in [0.25, 0.3) is 0 Å². The number of nitrogens with two attached hydrogens (primary N) is 3. The molecule has 0 aromatic heterocycles. The van der Waals surface area contributed by atoms with Crippen LogP contribution < -0.4 is 49.1 Å². The lowest BCUT2D eigenvalue weighted by Crippen LogP contribution is -2.46. The molecule has 0 spiro atoms. The Balaban J connectivity index is 0.000000134. The summed E-state index contributed by atoms with van der Waals surface area (Å²) in [4.78, 5) is 21.6. The van der Waals surface area contributed by atoms with Crippen LogP contribution in [0.2, 0.25) is 0 Å². The predicted octanol–water partition coefficient (Wildman–Crippen LogP) is -1.28. The summed E-state index contributed by atoms with van der Waals surface area (Å²) in [7, 11) is 0. The van der Waals surface area contributed by atoms with Gasteiger partial charge in [0.1, 0.15) is 122 Å². The molecule has 0 aliphatic carbocycles. The van der Waals surface area contributed by atoms with E-state index in [9.17, 15) is 24.9 Å². The SMILES string of the molecule is C=C1NC[C@H]2O[C@@H](N1)C(O)[C@H]2O.C=C1NC[C@H]2O[C@@H](N1)C1OC(C)(C)O[C@H]12.CC1(C)OC2C(Cl)O[C@H](CCl)[C@@H]2O1.CC1(C)OC2C(O)O[C@H](CO)[C@@H]2O1.CC1(C)OC2[C@H](NC(N)=O)O[C@H](CO)[C@@H]2O1.CC[C@H]1OC(N)C2OC(C)(C)O[C@H]21.CC[C@H]1O[C@@H](NC(N)=O)C2OC(C)(C)O[C@H]21. The summed E-state index contributed by atoms with van der Waals surface area (Å²) in [5.41, 5.74) is 15.4. The third-order valence-electron chi connectivity index (χ3n) is 17.8. The number of carbonyl (C=O) groups excluding carboxylic acids is 2. The highest BCUT2D eigenvalue weighted by Crippen LogP contribution is 2.44. The van der Waals surface area contributed by atoms with Crippen molar-refractivity contribution in [2.24, 2.45) is 17.2 Å². The number of urea groups is 2. The van der Waals surface area contributed by atoms with Crippen molar-refractivity contribution in [3.63, 3.8) is 0 Å². The largest absolute Gasteiger partial charge is 0.394 e. The second-order valence-electron chi connectivity index (χ2n) is 28.3. The molecule has 564 valence electrons. The highest BCUT2D eigenvalue weighted by molar-refractivity contribution is 6.20. The Bertz CT molecular complexity index is 2560. The average molecular weight is 1450 g/mol. The first kappa shape index (κ1) is 78.9. The van der Waals surface area contributed by atoms with Crippen LogP contribution in [-0.2, 0) is 90.0 Å².